The summed E-state index contributed by atoms with van der Waals surface area (Å²) in [5, 5.41) is 0. The highest BCUT2D eigenvalue weighted by Crippen LogP contribution is 2.38. The van der Waals surface area contributed by atoms with Crippen molar-refractivity contribution < 1.29 is 4.42 Å². The van der Waals surface area contributed by atoms with Crippen LogP contribution in [0.15, 0.2) is 22.6 Å². The molecule has 0 saturated heterocycles. The molecule has 1 fully saturated rings. The van der Waals surface area contributed by atoms with Gasteiger partial charge in [0.05, 0.1) is 5.69 Å². The summed E-state index contributed by atoms with van der Waals surface area (Å²) in [7, 11) is 0. The molecule has 3 nitrogen and oxygen atoms in total. The molecule has 0 unspecified atom stereocenters. The van der Waals surface area contributed by atoms with Gasteiger partial charge in [-0.15, -0.1) is 0 Å². The Labute approximate surface area is 120 Å². The minimum atomic E-state index is 0.486. The van der Waals surface area contributed by atoms with Gasteiger partial charge in [-0.1, -0.05) is 32.3 Å². The van der Waals surface area contributed by atoms with E-state index in [0.717, 1.165) is 22.9 Å². The molecular formula is C17H24N2O. The van der Waals surface area contributed by atoms with Gasteiger partial charge in [0.1, 0.15) is 5.52 Å². The molecule has 20 heavy (non-hydrogen) atoms. The highest BCUT2D eigenvalue weighted by Gasteiger charge is 2.25. The number of fused-ring (bicyclic) bond motifs is 1. The number of unbranched alkanes of at least 4 members (excludes halogenated alkanes) is 1. The zero-order valence-electron chi connectivity index (χ0n) is 12.3. The summed E-state index contributed by atoms with van der Waals surface area (Å²) < 4.78 is 5.91. The van der Waals surface area contributed by atoms with Crippen LogP contribution in [0, 0.1) is 5.92 Å². The molecule has 1 saturated carbocycles. The SMILES string of the molecule is CCCCC1CCC(c2nc3c(N)cccc3o2)CC1. The van der Waals surface area contributed by atoms with Crippen molar-refractivity contribution in [1.29, 1.82) is 0 Å². The molecule has 108 valence electrons. The van der Waals surface area contributed by atoms with Crippen molar-refractivity contribution in [2.24, 2.45) is 5.92 Å². The number of nitrogens with two attached hydrogens (primary N) is 1. The second-order valence-corrected chi connectivity index (χ2v) is 6.11. The molecule has 0 bridgehead atoms. The van der Waals surface area contributed by atoms with E-state index >= 15 is 0 Å². The standard InChI is InChI=1S/C17H24N2O/c1-2-3-5-12-8-10-13(11-9-12)17-19-16-14(18)6-4-7-15(16)20-17/h4,6-7,12-13H,2-3,5,8-11,18H2,1H3. The number of anilines is 1. The zero-order chi connectivity index (χ0) is 13.9. The number of nitrogens with zero attached hydrogens (tertiary/aromatic N) is 1. The molecule has 2 N–H and O–H groups in total. The highest BCUT2D eigenvalue weighted by atomic mass is 16.3. The molecule has 0 atom stereocenters. The van der Waals surface area contributed by atoms with Crippen LogP contribution in [0.1, 0.15) is 63.7 Å². The lowest BCUT2D eigenvalue weighted by Crippen LogP contribution is -2.13. The summed E-state index contributed by atoms with van der Waals surface area (Å²) in [4.78, 5) is 4.63. The van der Waals surface area contributed by atoms with Crippen molar-refractivity contribution in [2.75, 3.05) is 5.73 Å². The quantitative estimate of drug-likeness (QED) is 0.807. The van der Waals surface area contributed by atoms with Gasteiger partial charge >= 0.3 is 0 Å². The van der Waals surface area contributed by atoms with Crippen LogP contribution in [-0.4, -0.2) is 4.98 Å². The predicted octanol–water partition coefficient (Wildman–Crippen LogP) is 4.87. The summed E-state index contributed by atoms with van der Waals surface area (Å²) in [6, 6.07) is 5.76. The van der Waals surface area contributed by atoms with Crippen molar-refractivity contribution in [1.82, 2.24) is 4.98 Å². The third-order valence-electron chi connectivity index (χ3n) is 4.63. The molecule has 1 aliphatic carbocycles. The number of para-hydroxylation sites is 1. The van der Waals surface area contributed by atoms with E-state index < -0.39 is 0 Å². The van der Waals surface area contributed by atoms with Crippen LogP contribution in [0.25, 0.3) is 11.1 Å². The van der Waals surface area contributed by atoms with Gasteiger partial charge in [0.25, 0.3) is 0 Å². The van der Waals surface area contributed by atoms with Crippen LogP contribution in [0.2, 0.25) is 0 Å². The Morgan fingerprint density at radius 1 is 1.25 bits per heavy atom. The molecule has 0 spiro atoms. The Hall–Kier alpha value is -1.51. The fourth-order valence-electron chi connectivity index (χ4n) is 3.35. The van der Waals surface area contributed by atoms with Gasteiger partial charge in [0.2, 0.25) is 0 Å². The number of nitrogen functional groups attached to an aromatic ring is 1. The molecule has 0 amide bonds. The van der Waals surface area contributed by atoms with Gasteiger partial charge in [-0.2, -0.15) is 0 Å². The largest absolute Gasteiger partial charge is 0.440 e. The summed E-state index contributed by atoms with van der Waals surface area (Å²) in [6.07, 6.45) is 9.13. The summed E-state index contributed by atoms with van der Waals surface area (Å²) in [5.74, 6) is 2.30. The number of aromatic nitrogens is 1. The Morgan fingerprint density at radius 2 is 2.05 bits per heavy atom. The maximum atomic E-state index is 5.95. The van der Waals surface area contributed by atoms with E-state index in [0.29, 0.717) is 11.6 Å². The lowest BCUT2D eigenvalue weighted by molar-refractivity contribution is 0.280. The van der Waals surface area contributed by atoms with Crippen LogP contribution < -0.4 is 5.73 Å². The molecule has 1 aromatic heterocycles. The fourth-order valence-corrected chi connectivity index (χ4v) is 3.35. The number of rotatable bonds is 4. The first-order valence-electron chi connectivity index (χ1n) is 7.93. The maximum absolute atomic E-state index is 5.95. The first kappa shape index (κ1) is 13.5. The summed E-state index contributed by atoms with van der Waals surface area (Å²) in [5.41, 5.74) is 8.33. The van der Waals surface area contributed by atoms with Crippen molar-refractivity contribution in [3.05, 3.63) is 24.1 Å². The van der Waals surface area contributed by atoms with Gasteiger partial charge < -0.3 is 10.2 Å². The van der Waals surface area contributed by atoms with Crippen molar-refractivity contribution >= 4 is 16.8 Å². The lowest BCUT2D eigenvalue weighted by Gasteiger charge is -2.26. The number of oxazole rings is 1. The van der Waals surface area contributed by atoms with Crippen molar-refractivity contribution in [3.63, 3.8) is 0 Å². The van der Waals surface area contributed by atoms with Crippen LogP contribution >= 0.6 is 0 Å². The molecule has 1 heterocycles. The van der Waals surface area contributed by atoms with Gasteiger partial charge in [0, 0.05) is 5.92 Å². The Balaban J connectivity index is 1.69. The topological polar surface area (TPSA) is 52.0 Å². The molecule has 3 rings (SSSR count). The minimum absolute atomic E-state index is 0.486. The minimum Gasteiger partial charge on any atom is -0.440 e. The van der Waals surface area contributed by atoms with Gasteiger partial charge in [-0.25, -0.2) is 4.98 Å². The van der Waals surface area contributed by atoms with E-state index in [1.165, 1.54) is 44.9 Å². The zero-order valence-corrected chi connectivity index (χ0v) is 12.3. The molecular weight excluding hydrogens is 248 g/mol. The second kappa shape index (κ2) is 5.86. The first-order valence-corrected chi connectivity index (χ1v) is 7.93. The number of hydrogen-bond acceptors (Lipinski definition) is 3. The molecule has 1 aromatic carbocycles. The van der Waals surface area contributed by atoms with Crippen LogP contribution in [0.5, 0.6) is 0 Å². The molecule has 2 aromatic rings. The second-order valence-electron chi connectivity index (χ2n) is 6.11. The van der Waals surface area contributed by atoms with Crippen LogP contribution in [0.3, 0.4) is 0 Å². The van der Waals surface area contributed by atoms with E-state index in [4.69, 9.17) is 10.2 Å². The van der Waals surface area contributed by atoms with Crippen LogP contribution in [-0.2, 0) is 0 Å². The van der Waals surface area contributed by atoms with Crippen molar-refractivity contribution in [2.45, 2.75) is 57.8 Å². The van der Waals surface area contributed by atoms with E-state index in [1.54, 1.807) is 0 Å². The van der Waals surface area contributed by atoms with Gasteiger partial charge in [-0.3, -0.25) is 0 Å². The smallest absolute Gasteiger partial charge is 0.198 e. The highest BCUT2D eigenvalue weighted by molar-refractivity contribution is 5.85. The van der Waals surface area contributed by atoms with E-state index in [9.17, 15) is 0 Å². The molecule has 0 aliphatic heterocycles. The van der Waals surface area contributed by atoms with Crippen LogP contribution in [0.4, 0.5) is 5.69 Å². The van der Waals surface area contributed by atoms with Gasteiger partial charge in [0.15, 0.2) is 11.5 Å². The normalized spacial score (nSPS) is 23.2. The maximum Gasteiger partial charge on any atom is 0.198 e. The third kappa shape index (κ3) is 2.67. The number of benzene rings is 1. The van der Waals surface area contributed by atoms with E-state index in [-0.39, 0.29) is 0 Å². The van der Waals surface area contributed by atoms with E-state index in [1.807, 2.05) is 18.2 Å². The molecule has 3 heteroatoms. The summed E-state index contributed by atoms with van der Waals surface area (Å²) in [6.45, 7) is 2.27. The number of hydrogen-bond donors (Lipinski definition) is 1. The molecule has 1 aliphatic rings. The average Bonchev–Trinajstić information content (AvgIpc) is 2.91. The Morgan fingerprint density at radius 3 is 2.75 bits per heavy atom. The first-order chi connectivity index (χ1) is 9.78. The molecule has 0 radical (unpaired) electrons. The average molecular weight is 272 g/mol. The van der Waals surface area contributed by atoms with Crippen molar-refractivity contribution in [3.8, 4) is 0 Å². The monoisotopic (exact) mass is 272 g/mol. The third-order valence-corrected chi connectivity index (χ3v) is 4.63. The van der Waals surface area contributed by atoms with Gasteiger partial charge in [-0.05, 0) is 43.7 Å². The Bertz CT molecular complexity index is 567. The fraction of sp³-hybridized carbons (Fsp3) is 0.588. The van der Waals surface area contributed by atoms with E-state index in [2.05, 4.69) is 11.9 Å². The predicted molar refractivity (Wildman–Crippen MR) is 82.6 cm³/mol. The lowest BCUT2D eigenvalue weighted by atomic mass is 9.80. The summed E-state index contributed by atoms with van der Waals surface area (Å²) >= 11 is 0. The Kier molecular flexibility index (Phi) is 3.95.